The number of hydrogen-bond donors (Lipinski definition) is 1. The number of imide groups is 1. The summed E-state index contributed by atoms with van der Waals surface area (Å²) in [5, 5.41) is 3.18. The molecule has 0 bridgehead atoms. The molecule has 0 saturated carbocycles. The Morgan fingerprint density at radius 3 is 2.39 bits per heavy atom. The third-order valence-electron chi connectivity index (χ3n) is 3.44. The second kappa shape index (κ2) is 6.29. The van der Waals surface area contributed by atoms with Crippen LogP contribution in [-0.2, 0) is 9.59 Å². The monoisotopic (exact) mass is 255 g/mol. The Balaban J connectivity index is 2.41. The zero-order valence-corrected chi connectivity index (χ0v) is 12.1. The zero-order chi connectivity index (χ0) is 13.9. The van der Waals surface area contributed by atoms with Crippen molar-refractivity contribution in [2.45, 2.75) is 52.2 Å². The maximum atomic E-state index is 12.0. The third kappa shape index (κ3) is 3.53. The minimum Gasteiger partial charge on any atom is -0.304 e. The molecule has 18 heavy (non-hydrogen) atoms. The average Bonchev–Trinajstić information content (AvgIpc) is 2.53. The van der Waals surface area contributed by atoms with Gasteiger partial charge in [0.1, 0.15) is 0 Å². The molecule has 0 aromatic carbocycles. The van der Waals surface area contributed by atoms with E-state index in [1.165, 1.54) is 4.90 Å². The van der Waals surface area contributed by atoms with E-state index in [9.17, 15) is 9.59 Å². The van der Waals surface area contributed by atoms with Crippen LogP contribution in [0.25, 0.3) is 0 Å². The van der Waals surface area contributed by atoms with Gasteiger partial charge in [0.15, 0.2) is 0 Å². The van der Waals surface area contributed by atoms with E-state index in [2.05, 4.69) is 24.1 Å². The molecule has 1 saturated heterocycles. The van der Waals surface area contributed by atoms with Gasteiger partial charge in [-0.15, -0.1) is 0 Å². The number of likely N-dealkylation sites (N-methyl/N-ethyl adjacent to an activating group) is 1. The predicted molar refractivity (Wildman–Crippen MR) is 71.2 cm³/mol. The van der Waals surface area contributed by atoms with Crippen LogP contribution < -0.4 is 5.32 Å². The minimum absolute atomic E-state index is 0.0462. The van der Waals surface area contributed by atoms with E-state index in [0.29, 0.717) is 12.5 Å². The van der Waals surface area contributed by atoms with E-state index in [1.807, 2.05) is 20.9 Å². The minimum atomic E-state index is -0.333. The highest BCUT2D eigenvalue weighted by molar-refractivity contribution is 6.05. The zero-order valence-electron chi connectivity index (χ0n) is 12.1. The molecule has 1 unspecified atom stereocenters. The number of hydrogen-bond acceptors (Lipinski definition) is 4. The first kappa shape index (κ1) is 15.1. The summed E-state index contributed by atoms with van der Waals surface area (Å²) >= 11 is 0. The fourth-order valence-corrected chi connectivity index (χ4v) is 2.03. The van der Waals surface area contributed by atoms with Gasteiger partial charge in [0, 0.05) is 25.2 Å². The van der Waals surface area contributed by atoms with Gasteiger partial charge in [-0.05, 0) is 34.7 Å². The van der Waals surface area contributed by atoms with Crippen LogP contribution in [0.4, 0.5) is 0 Å². The third-order valence-corrected chi connectivity index (χ3v) is 3.44. The van der Waals surface area contributed by atoms with Crippen LogP contribution in [0.3, 0.4) is 0 Å². The van der Waals surface area contributed by atoms with Gasteiger partial charge in [0.2, 0.25) is 11.8 Å². The summed E-state index contributed by atoms with van der Waals surface area (Å²) in [7, 11) is 2.05. The van der Waals surface area contributed by atoms with Crippen molar-refractivity contribution in [1.82, 2.24) is 15.1 Å². The molecule has 1 heterocycles. The van der Waals surface area contributed by atoms with Crippen molar-refractivity contribution in [2.24, 2.45) is 0 Å². The molecule has 0 aromatic rings. The van der Waals surface area contributed by atoms with Crippen LogP contribution in [0.1, 0.15) is 34.1 Å². The second-order valence-corrected chi connectivity index (χ2v) is 5.48. The van der Waals surface area contributed by atoms with Crippen molar-refractivity contribution in [2.75, 3.05) is 20.1 Å². The quantitative estimate of drug-likeness (QED) is 0.700. The highest BCUT2D eigenvalue weighted by Gasteiger charge is 2.39. The van der Waals surface area contributed by atoms with Crippen molar-refractivity contribution < 1.29 is 9.59 Å². The molecule has 0 spiro atoms. The molecule has 1 aliphatic rings. The highest BCUT2D eigenvalue weighted by atomic mass is 16.2. The molecule has 5 heteroatoms. The molecule has 1 N–H and O–H groups in total. The van der Waals surface area contributed by atoms with E-state index >= 15 is 0 Å². The topological polar surface area (TPSA) is 52.7 Å². The number of carbonyl (C=O) groups excluding carboxylic acids is 2. The normalized spacial score (nSPS) is 20.9. The fourth-order valence-electron chi connectivity index (χ4n) is 2.03. The predicted octanol–water partition coefficient (Wildman–Crippen LogP) is 0.452. The van der Waals surface area contributed by atoms with E-state index in [0.717, 1.165) is 13.1 Å². The maximum Gasteiger partial charge on any atom is 0.247 e. The van der Waals surface area contributed by atoms with Gasteiger partial charge in [-0.25, -0.2) is 0 Å². The van der Waals surface area contributed by atoms with Crippen LogP contribution in [-0.4, -0.2) is 59.9 Å². The molecule has 1 fully saturated rings. The largest absolute Gasteiger partial charge is 0.304 e. The number of nitrogens with zero attached hydrogens (tertiary/aromatic N) is 2. The molecule has 2 amide bonds. The van der Waals surface area contributed by atoms with Gasteiger partial charge < -0.3 is 10.2 Å². The molecule has 1 rings (SSSR count). The van der Waals surface area contributed by atoms with E-state index in [4.69, 9.17) is 0 Å². The van der Waals surface area contributed by atoms with Gasteiger partial charge >= 0.3 is 0 Å². The Morgan fingerprint density at radius 2 is 1.94 bits per heavy atom. The van der Waals surface area contributed by atoms with E-state index < -0.39 is 0 Å². The number of likely N-dealkylation sites (tertiary alicyclic amines) is 1. The van der Waals surface area contributed by atoms with Crippen molar-refractivity contribution in [3.8, 4) is 0 Å². The Morgan fingerprint density at radius 1 is 1.33 bits per heavy atom. The summed E-state index contributed by atoms with van der Waals surface area (Å²) in [5.41, 5.74) is 0. The number of nitrogens with one attached hydrogen (secondary N) is 1. The summed E-state index contributed by atoms with van der Waals surface area (Å²) in [6.45, 7) is 9.59. The van der Waals surface area contributed by atoms with Gasteiger partial charge in [-0.2, -0.15) is 0 Å². The molecular weight excluding hydrogens is 230 g/mol. The smallest absolute Gasteiger partial charge is 0.247 e. The maximum absolute atomic E-state index is 12.0. The molecule has 0 aromatic heterocycles. The Bertz CT molecular complexity index is 315. The summed E-state index contributed by atoms with van der Waals surface area (Å²) in [5.74, 6) is -0.146. The van der Waals surface area contributed by atoms with Crippen LogP contribution in [0, 0.1) is 0 Å². The van der Waals surface area contributed by atoms with Crippen molar-refractivity contribution >= 4 is 11.8 Å². The van der Waals surface area contributed by atoms with Gasteiger partial charge in [0.25, 0.3) is 0 Å². The average molecular weight is 255 g/mol. The summed E-state index contributed by atoms with van der Waals surface area (Å²) in [6.07, 6.45) is 0.294. The van der Waals surface area contributed by atoms with Gasteiger partial charge in [-0.3, -0.25) is 14.5 Å². The number of carbonyl (C=O) groups is 2. The van der Waals surface area contributed by atoms with Gasteiger partial charge in [0.05, 0.1) is 12.5 Å². The van der Waals surface area contributed by atoms with Crippen LogP contribution in [0.15, 0.2) is 0 Å². The molecule has 1 atom stereocenters. The first-order valence-electron chi connectivity index (χ1n) is 6.64. The summed E-state index contributed by atoms with van der Waals surface area (Å²) in [4.78, 5) is 27.3. The van der Waals surface area contributed by atoms with Gasteiger partial charge in [-0.1, -0.05) is 0 Å². The van der Waals surface area contributed by atoms with Crippen LogP contribution in [0.5, 0.6) is 0 Å². The lowest BCUT2D eigenvalue weighted by Crippen LogP contribution is -2.44. The van der Waals surface area contributed by atoms with Crippen LogP contribution in [0.2, 0.25) is 0 Å². The molecule has 1 aliphatic heterocycles. The lowest BCUT2D eigenvalue weighted by Gasteiger charge is -2.22. The molecular formula is C13H25N3O2. The summed E-state index contributed by atoms with van der Waals surface area (Å²) in [6, 6.07) is 0.107. The van der Waals surface area contributed by atoms with Crippen molar-refractivity contribution in [1.29, 1.82) is 0 Å². The molecule has 0 radical (unpaired) electrons. The van der Waals surface area contributed by atoms with Crippen molar-refractivity contribution in [3.05, 3.63) is 0 Å². The summed E-state index contributed by atoms with van der Waals surface area (Å²) < 4.78 is 0. The van der Waals surface area contributed by atoms with E-state index in [1.54, 1.807) is 0 Å². The Labute approximate surface area is 110 Å². The first-order valence-corrected chi connectivity index (χ1v) is 6.64. The lowest BCUT2D eigenvalue weighted by atomic mass is 10.2. The highest BCUT2D eigenvalue weighted by Crippen LogP contribution is 2.15. The fraction of sp³-hybridized carbons (Fsp3) is 0.846. The first-order chi connectivity index (χ1) is 8.34. The van der Waals surface area contributed by atoms with Crippen molar-refractivity contribution in [3.63, 3.8) is 0 Å². The van der Waals surface area contributed by atoms with Crippen LogP contribution >= 0.6 is 0 Å². The SMILES string of the molecule is CC(C)N(C)CCNC1CC(=O)N(C(C)C)C1=O. The Hall–Kier alpha value is -0.940. The molecule has 0 aliphatic carbocycles. The van der Waals surface area contributed by atoms with E-state index in [-0.39, 0.29) is 23.9 Å². The molecule has 5 nitrogen and oxygen atoms in total. The number of rotatable bonds is 6. The molecule has 104 valence electrons. The Kier molecular flexibility index (Phi) is 5.28. The second-order valence-electron chi connectivity index (χ2n) is 5.48. The number of amides is 2. The standard InChI is InChI=1S/C13H25N3O2/c1-9(2)15(5)7-6-14-11-8-12(17)16(10(3)4)13(11)18/h9-11,14H,6-8H2,1-5H3. The lowest BCUT2D eigenvalue weighted by molar-refractivity contribution is -0.140.